The predicted octanol–water partition coefficient (Wildman–Crippen LogP) is 3.53. The molecule has 0 aliphatic carbocycles. The second-order valence-corrected chi connectivity index (χ2v) is 5.78. The van der Waals surface area contributed by atoms with Gasteiger partial charge in [0.05, 0.1) is 5.02 Å². The third-order valence-corrected chi connectivity index (χ3v) is 3.75. The third-order valence-electron chi connectivity index (χ3n) is 2.23. The van der Waals surface area contributed by atoms with E-state index in [2.05, 4.69) is 12.2 Å². The van der Waals surface area contributed by atoms with Crippen LogP contribution in [0.1, 0.15) is 18.9 Å². The van der Waals surface area contributed by atoms with Gasteiger partial charge in [0.2, 0.25) is 0 Å². The van der Waals surface area contributed by atoms with Crippen molar-refractivity contribution in [2.24, 2.45) is 5.73 Å². The molecule has 0 aromatic heterocycles. The highest BCUT2D eigenvalue weighted by atomic mass is 35.5. The fourth-order valence-corrected chi connectivity index (χ4v) is 2.53. The van der Waals surface area contributed by atoms with Crippen molar-refractivity contribution in [2.45, 2.75) is 13.3 Å². The number of hydrogen-bond donors (Lipinski definition) is 2. The molecule has 0 fully saturated rings. The van der Waals surface area contributed by atoms with Gasteiger partial charge in [0.1, 0.15) is 4.99 Å². The molecule has 0 atom stereocenters. The zero-order chi connectivity index (χ0) is 12.7. The van der Waals surface area contributed by atoms with Crippen LogP contribution >= 0.6 is 35.6 Å². The van der Waals surface area contributed by atoms with Gasteiger partial charge < -0.3 is 11.1 Å². The van der Waals surface area contributed by atoms with Gasteiger partial charge in [-0.25, -0.2) is 0 Å². The molecule has 0 amide bonds. The number of anilines is 1. The van der Waals surface area contributed by atoms with Crippen molar-refractivity contribution in [1.29, 1.82) is 0 Å². The molecule has 1 aromatic rings. The first kappa shape index (κ1) is 14.6. The molecular weight excluding hydrogens is 272 g/mol. The minimum Gasteiger partial charge on any atom is -0.389 e. The molecule has 1 aromatic carbocycles. The van der Waals surface area contributed by atoms with E-state index in [9.17, 15) is 0 Å². The van der Waals surface area contributed by atoms with Gasteiger partial charge in [-0.05, 0) is 36.1 Å². The summed E-state index contributed by atoms with van der Waals surface area (Å²) in [6.07, 6.45) is 1.15. The number of nitrogens with two attached hydrogens (primary N) is 1. The fraction of sp³-hybridized carbons (Fsp3) is 0.417. The normalized spacial score (nSPS) is 10.2. The topological polar surface area (TPSA) is 38.0 Å². The van der Waals surface area contributed by atoms with E-state index >= 15 is 0 Å². The Hall–Kier alpha value is -0.450. The second kappa shape index (κ2) is 7.80. The lowest BCUT2D eigenvalue weighted by atomic mass is 10.2. The molecule has 0 spiro atoms. The maximum atomic E-state index is 6.08. The summed E-state index contributed by atoms with van der Waals surface area (Å²) < 4.78 is 0. The summed E-state index contributed by atoms with van der Waals surface area (Å²) in [7, 11) is 0. The fourth-order valence-electron chi connectivity index (χ4n) is 1.38. The predicted molar refractivity (Wildman–Crippen MR) is 83.4 cm³/mol. The molecule has 0 bridgehead atoms. The number of thiocarbonyl (C=S) groups is 1. The molecule has 0 heterocycles. The smallest absolute Gasteiger partial charge is 0.105 e. The molecule has 0 aliphatic rings. The Morgan fingerprint density at radius 1 is 1.53 bits per heavy atom. The van der Waals surface area contributed by atoms with Gasteiger partial charge in [-0.1, -0.05) is 30.7 Å². The minimum atomic E-state index is 0.334. The number of hydrogen-bond acceptors (Lipinski definition) is 3. The Bertz CT molecular complexity index is 383. The quantitative estimate of drug-likeness (QED) is 0.595. The van der Waals surface area contributed by atoms with E-state index in [4.69, 9.17) is 29.6 Å². The van der Waals surface area contributed by atoms with Crippen LogP contribution in [-0.2, 0) is 0 Å². The van der Waals surface area contributed by atoms with Crippen LogP contribution in [0.25, 0.3) is 0 Å². The van der Waals surface area contributed by atoms with Crippen LogP contribution < -0.4 is 11.1 Å². The van der Waals surface area contributed by atoms with E-state index in [1.807, 2.05) is 30.0 Å². The van der Waals surface area contributed by atoms with E-state index in [1.54, 1.807) is 0 Å². The molecule has 17 heavy (non-hydrogen) atoms. The Labute approximate surface area is 117 Å². The molecule has 0 radical (unpaired) electrons. The van der Waals surface area contributed by atoms with Crippen LogP contribution in [0.15, 0.2) is 18.2 Å². The van der Waals surface area contributed by atoms with Crippen LogP contribution in [-0.4, -0.2) is 23.0 Å². The maximum Gasteiger partial charge on any atom is 0.105 e. The highest BCUT2D eigenvalue weighted by molar-refractivity contribution is 7.99. The van der Waals surface area contributed by atoms with Gasteiger partial charge in [-0.3, -0.25) is 0 Å². The van der Waals surface area contributed by atoms with Crippen LogP contribution in [0.2, 0.25) is 5.02 Å². The van der Waals surface area contributed by atoms with Crippen LogP contribution in [0.5, 0.6) is 0 Å². The monoisotopic (exact) mass is 288 g/mol. The highest BCUT2D eigenvalue weighted by Gasteiger charge is 2.03. The van der Waals surface area contributed by atoms with Gasteiger partial charge >= 0.3 is 0 Å². The van der Waals surface area contributed by atoms with Crippen molar-refractivity contribution in [1.82, 2.24) is 0 Å². The lowest BCUT2D eigenvalue weighted by Crippen LogP contribution is -2.10. The van der Waals surface area contributed by atoms with Gasteiger partial charge in [0, 0.05) is 17.8 Å². The molecule has 94 valence electrons. The first-order valence-electron chi connectivity index (χ1n) is 5.56. The lowest BCUT2D eigenvalue weighted by molar-refractivity contribution is 0.992. The van der Waals surface area contributed by atoms with Gasteiger partial charge in [-0.2, -0.15) is 11.8 Å². The van der Waals surface area contributed by atoms with Crippen LogP contribution in [0, 0.1) is 0 Å². The SMILES string of the molecule is CCSCCCNc1ccc(C(N)=S)c(Cl)c1. The Kier molecular flexibility index (Phi) is 6.70. The Morgan fingerprint density at radius 2 is 2.29 bits per heavy atom. The summed E-state index contributed by atoms with van der Waals surface area (Å²) in [6, 6.07) is 5.67. The average molecular weight is 289 g/mol. The van der Waals surface area contributed by atoms with E-state index in [0.29, 0.717) is 10.0 Å². The highest BCUT2D eigenvalue weighted by Crippen LogP contribution is 2.20. The minimum absolute atomic E-state index is 0.334. The number of nitrogens with one attached hydrogen (secondary N) is 1. The summed E-state index contributed by atoms with van der Waals surface area (Å²) >= 11 is 12.9. The zero-order valence-corrected chi connectivity index (χ0v) is 12.2. The first-order chi connectivity index (χ1) is 8.15. The molecule has 5 heteroatoms. The largest absolute Gasteiger partial charge is 0.389 e. The van der Waals surface area contributed by atoms with Gasteiger partial charge in [0.25, 0.3) is 0 Å². The van der Waals surface area contributed by atoms with Crippen molar-refractivity contribution in [2.75, 3.05) is 23.4 Å². The van der Waals surface area contributed by atoms with Crippen molar-refractivity contribution >= 4 is 46.3 Å². The maximum absolute atomic E-state index is 6.08. The summed E-state index contributed by atoms with van der Waals surface area (Å²) in [5.41, 5.74) is 7.28. The van der Waals surface area contributed by atoms with Crippen LogP contribution in [0.4, 0.5) is 5.69 Å². The summed E-state index contributed by atoms with van der Waals surface area (Å²) in [4.78, 5) is 0.334. The number of halogens is 1. The molecule has 0 saturated heterocycles. The molecular formula is C12H17ClN2S2. The second-order valence-electron chi connectivity index (χ2n) is 3.54. The molecule has 0 aliphatic heterocycles. The average Bonchev–Trinajstić information content (AvgIpc) is 2.28. The van der Waals surface area contributed by atoms with Crippen molar-refractivity contribution < 1.29 is 0 Å². The van der Waals surface area contributed by atoms with Gasteiger partial charge in [0.15, 0.2) is 0 Å². The van der Waals surface area contributed by atoms with Crippen molar-refractivity contribution in [3.63, 3.8) is 0 Å². The Morgan fingerprint density at radius 3 is 2.88 bits per heavy atom. The number of benzene rings is 1. The zero-order valence-electron chi connectivity index (χ0n) is 9.83. The Balaban J connectivity index is 2.45. The molecule has 0 saturated carbocycles. The standard InChI is InChI=1S/C12H17ClN2S2/c1-2-17-7-3-6-15-9-4-5-10(12(14)16)11(13)8-9/h4-5,8,15H,2-3,6-7H2,1H3,(H2,14,16). The van der Waals surface area contributed by atoms with E-state index < -0.39 is 0 Å². The molecule has 3 N–H and O–H groups in total. The molecule has 0 unspecified atom stereocenters. The van der Waals surface area contributed by atoms with E-state index in [0.717, 1.165) is 24.2 Å². The van der Waals surface area contributed by atoms with E-state index in [1.165, 1.54) is 11.5 Å². The summed E-state index contributed by atoms with van der Waals surface area (Å²) in [5.74, 6) is 2.36. The third kappa shape index (κ3) is 5.15. The van der Waals surface area contributed by atoms with Crippen molar-refractivity contribution in [3.8, 4) is 0 Å². The molecule has 2 nitrogen and oxygen atoms in total. The summed E-state index contributed by atoms with van der Waals surface area (Å²) in [6.45, 7) is 3.13. The van der Waals surface area contributed by atoms with Gasteiger partial charge in [-0.15, -0.1) is 0 Å². The lowest BCUT2D eigenvalue weighted by Gasteiger charge is -2.08. The number of thioether (sulfide) groups is 1. The van der Waals surface area contributed by atoms with Crippen molar-refractivity contribution in [3.05, 3.63) is 28.8 Å². The summed E-state index contributed by atoms with van der Waals surface area (Å²) in [5, 5.41) is 3.93. The van der Waals surface area contributed by atoms with E-state index in [-0.39, 0.29) is 0 Å². The van der Waals surface area contributed by atoms with Crippen LogP contribution in [0.3, 0.4) is 0 Å². The molecule has 1 rings (SSSR count). The number of rotatable bonds is 7. The first-order valence-corrected chi connectivity index (χ1v) is 7.50.